The molecule has 0 saturated carbocycles. The number of amides is 1. The van der Waals surface area contributed by atoms with Crippen LogP contribution in [0.5, 0.6) is 0 Å². The van der Waals surface area contributed by atoms with Crippen LogP contribution in [-0.2, 0) is 11.3 Å². The molecule has 0 aromatic heterocycles. The molecule has 0 heterocycles. The molecule has 2 aromatic carbocycles. The SMILES string of the molecule is COCc1ccccc1C(=O)N[C@H](C#N)c1cccc(Cl)c1Cl. The summed E-state index contributed by atoms with van der Waals surface area (Å²) in [6.07, 6.45) is 0. The zero-order valence-corrected chi connectivity index (χ0v) is 13.9. The number of ether oxygens (including phenoxy) is 1. The third-order valence-corrected chi connectivity index (χ3v) is 4.09. The third-order valence-electron chi connectivity index (χ3n) is 3.26. The van der Waals surface area contributed by atoms with Crippen molar-refractivity contribution in [3.05, 3.63) is 69.2 Å². The maximum absolute atomic E-state index is 12.5. The van der Waals surface area contributed by atoms with Crippen LogP contribution in [0.3, 0.4) is 0 Å². The van der Waals surface area contributed by atoms with E-state index in [1.54, 1.807) is 43.5 Å². The van der Waals surface area contributed by atoms with Crippen LogP contribution in [0.25, 0.3) is 0 Å². The molecule has 0 spiro atoms. The zero-order chi connectivity index (χ0) is 16.8. The summed E-state index contributed by atoms with van der Waals surface area (Å²) in [6, 6.07) is 13.1. The van der Waals surface area contributed by atoms with Gasteiger partial charge in [-0.05, 0) is 17.7 Å². The maximum atomic E-state index is 12.5. The van der Waals surface area contributed by atoms with Crippen molar-refractivity contribution in [3.63, 3.8) is 0 Å². The smallest absolute Gasteiger partial charge is 0.252 e. The van der Waals surface area contributed by atoms with Crippen molar-refractivity contribution < 1.29 is 9.53 Å². The molecular formula is C17H14Cl2N2O2. The van der Waals surface area contributed by atoms with Crippen molar-refractivity contribution in [1.82, 2.24) is 5.32 Å². The Bertz CT molecular complexity index is 756. The van der Waals surface area contributed by atoms with E-state index in [4.69, 9.17) is 27.9 Å². The molecule has 118 valence electrons. The minimum atomic E-state index is -0.899. The molecule has 1 atom stereocenters. The molecule has 0 radical (unpaired) electrons. The van der Waals surface area contributed by atoms with Crippen LogP contribution in [0.1, 0.15) is 27.5 Å². The van der Waals surface area contributed by atoms with Gasteiger partial charge in [0.2, 0.25) is 0 Å². The molecule has 6 heteroatoms. The van der Waals surface area contributed by atoms with Gasteiger partial charge in [0, 0.05) is 18.2 Å². The topological polar surface area (TPSA) is 62.1 Å². The highest BCUT2D eigenvalue weighted by molar-refractivity contribution is 6.42. The Balaban J connectivity index is 2.28. The molecule has 0 aliphatic rings. The summed E-state index contributed by atoms with van der Waals surface area (Å²) in [5, 5.41) is 12.6. The number of nitrogens with one attached hydrogen (secondary N) is 1. The van der Waals surface area contributed by atoms with Gasteiger partial charge in [0.05, 0.1) is 22.7 Å². The number of nitrogens with zero attached hydrogens (tertiary/aromatic N) is 1. The molecule has 0 saturated heterocycles. The largest absolute Gasteiger partial charge is 0.380 e. The Morgan fingerprint density at radius 1 is 1.26 bits per heavy atom. The van der Waals surface area contributed by atoms with Gasteiger partial charge in [0.15, 0.2) is 0 Å². The van der Waals surface area contributed by atoms with Crippen molar-refractivity contribution in [2.24, 2.45) is 0 Å². The van der Waals surface area contributed by atoms with E-state index in [0.29, 0.717) is 22.8 Å². The molecule has 23 heavy (non-hydrogen) atoms. The van der Waals surface area contributed by atoms with E-state index in [-0.39, 0.29) is 10.9 Å². The van der Waals surface area contributed by atoms with Crippen LogP contribution in [0.15, 0.2) is 42.5 Å². The second kappa shape index (κ2) is 7.98. The van der Waals surface area contributed by atoms with Crippen LogP contribution in [0, 0.1) is 11.3 Å². The molecule has 0 aliphatic heterocycles. The second-order valence-electron chi connectivity index (χ2n) is 4.77. The van der Waals surface area contributed by atoms with E-state index >= 15 is 0 Å². The van der Waals surface area contributed by atoms with Gasteiger partial charge in [-0.2, -0.15) is 5.26 Å². The van der Waals surface area contributed by atoms with Gasteiger partial charge < -0.3 is 10.1 Å². The first-order valence-corrected chi connectivity index (χ1v) is 7.55. The number of carbonyl (C=O) groups excluding carboxylic acids is 1. The number of hydrogen-bond donors (Lipinski definition) is 1. The molecule has 4 nitrogen and oxygen atoms in total. The Labute approximate surface area is 144 Å². The predicted octanol–water partition coefficient (Wildman–Crippen LogP) is 4.13. The Morgan fingerprint density at radius 2 is 2.00 bits per heavy atom. The number of nitriles is 1. The summed E-state index contributed by atoms with van der Waals surface area (Å²) in [5.74, 6) is -0.375. The summed E-state index contributed by atoms with van der Waals surface area (Å²) in [7, 11) is 1.55. The van der Waals surface area contributed by atoms with Gasteiger partial charge in [0.1, 0.15) is 6.04 Å². The van der Waals surface area contributed by atoms with Crippen LogP contribution >= 0.6 is 23.2 Å². The summed E-state index contributed by atoms with van der Waals surface area (Å²) in [4.78, 5) is 12.5. The lowest BCUT2D eigenvalue weighted by Crippen LogP contribution is -2.28. The van der Waals surface area contributed by atoms with E-state index in [9.17, 15) is 10.1 Å². The minimum Gasteiger partial charge on any atom is -0.380 e. The zero-order valence-electron chi connectivity index (χ0n) is 12.3. The highest BCUT2D eigenvalue weighted by atomic mass is 35.5. The second-order valence-corrected chi connectivity index (χ2v) is 5.55. The first-order valence-electron chi connectivity index (χ1n) is 6.79. The molecule has 0 aliphatic carbocycles. The van der Waals surface area contributed by atoms with Gasteiger partial charge in [-0.1, -0.05) is 53.5 Å². The fraction of sp³-hybridized carbons (Fsp3) is 0.176. The molecule has 0 unspecified atom stereocenters. The Hall–Kier alpha value is -2.06. The first-order chi connectivity index (χ1) is 11.1. The molecule has 0 fully saturated rings. The lowest BCUT2D eigenvalue weighted by Gasteiger charge is -2.15. The molecule has 0 bridgehead atoms. The van der Waals surface area contributed by atoms with E-state index in [0.717, 1.165) is 5.56 Å². The van der Waals surface area contributed by atoms with Crippen molar-refractivity contribution in [2.75, 3.05) is 7.11 Å². The lowest BCUT2D eigenvalue weighted by atomic mass is 10.0. The maximum Gasteiger partial charge on any atom is 0.252 e. The summed E-state index contributed by atoms with van der Waals surface area (Å²) < 4.78 is 5.09. The van der Waals surface area contributed by atoms with E-state index in [1.165, 1.54) is 0 Å². The first kappa shape index (κ1) is 17.3. The lowest BCUT2D eigenvalue weighted by molar-refractivity contribution is 0.0940. The number of methoxy groups -OCH3 is 1. The molecule has 1 amide bonds. The fourth-order valence-electron chi connectivity index (χ4n) is 2.16. The average Bonchev–Trinajstić information content (AvgIpc) is 2.56. The summed E-state index contributed by atoms with van der Waals surface area (Å²) >= 11 is 12.1. The van der Waals surface area contributed by atoms with Crippen LogP contribution in [-0.4, -0.2) is 13.0 Å². The predicted molar refractivity (Wildman–Crippen MR) is 89.4 cm³/mol. The summed E-state index contributed by atoms with van der Waals surface area (Å²) in [6.45, 7) is 0.304. The van der Waals surface area contributed by atoms with Crippen LogP contribution in [0.2, 0.25) is 10.0 Å². The number of benzene rings is 2. The van der Waals surface area contributed by atoms with Crippen molar-refractivity contribution in [1.29, 1.82) is 5.26 Å². The molecular weight excluding hydrogens is 335 g/mol. The van der Waals surface area contributed by atoms with E-state index < -0.39 is 6.04 Å². The molecule has 2 rings (SSSR count). The van der Waals surface area contributed by atoms with Gasteiger partial charge in [-0.15, -0.1) is 0 Å². The molecule has 2 aromatic rings. The number of hydrogen-bond acceptors (Lipinski definition) is 3. The number of carbonyl (C=O) groups is 1. The van der Waals surface area contributed by atoms with E-state index in [1.807, 2.05) is 12.1 Å². The van der Waals surface area contributed by atoms with Crippen molar-refractivity contribution in [2.45, 2.75) is 12.6 Å². The fourth-order valence-corrected chi connectivity index (χ4v) is 2.57. The average molecular weight is 349 g/mol. The van der Waals surface area contributed by atoms with Gasteiger partial charge in [-0.3, -0.25) is 4.79 Å². The quantitative estimate of drug-likeness (QED) is 0.883. The minimum absolute atomic E-state index is 0.256. The Morgan fingerprint density at radius 3 is 2.70 bits per heavy atom. The van der Waals surface area contributed by atoms with Gasteiger partial charge >= 0.3 is 0 Å². The normalized spacial score (nSPS) is 11.6. The van der Waals surface area contributed by atoms with Crippen LogP contribution in [0.4, 0.5) is 0 Å². The molecule has 1 N–H and O–H groups in total. The van der Waals surface area contributed by atoms with Crippen LogP contribution < -0.4 is 5.32 Å². The Kier molecular flexibility index (Phi) is 6.00. The van der Waals surface area contributed by atoms with Crippen molar-refractivity contribution >= 4 is 29.1 Å². The highest BCUT2D eigenvalue weighted by Gasteiger charge is 2.20. The van der Waals surface area contributed by atoms with Gasteiger partial charge in [0.25, 0.3) is 5.91 Å². The van der Waals surface area contributed by atoms with Crippen molar-refractivity contribution in [3.8, 4) is 6.07 Å². The monoisotopic (exact) mass is 348 g/mol. The third kappa shape index (κ3) is 4.02. The number of halogens is 2. The standard InChI is InChI=1S/C17H14Cl2N2O2/c1-23-10-11-5-2-3-6-12(11)17(22)21-15(9-20)13-7-4-8-14(18)16(13)19/h2-8,15H,10H2,1H3,(H,21,22)/t15-/m1/s1. The van der Waals surface area contributed by atoms with Gasteiger partial charge in [-0.25, -0.2) is 0 Å². The van der Waals surface area contributed by atoms with E-state index in [2.05, 4.69) is 5.32 Å². The summed E-state index contributed by atoms with van der Waals surface area (Å²) in [5.41, 5.74) is 1.65. The highest BCUT2D eigenvalue weighted by Crippen LogP contribution is 2.30. The number of rotatable bonds is 5.